The zero-order chi connectivity index (χ0) is 19.5. The van der Waals surface area contributed by atoms with Crippen molar-refractivity contribution in [2.24, 2.45) is 5.16 Å². The topological polar surface area (TPSA) is 42.6 Å². The minimum absolute atomic E-state index is 0. The van der Waals surface area contributed by atoms with Crippen molar-refractivity contribution in [3.63, 3.8) is 0 Å². The van der Waals surface area contributed by atoms with E-state index >= 15 is 0 Å². The maximum Gasteiger partial charge on any atom is 2.00 e. The number of benzene rings is 2. The molecule has 0 radical (unpaired) electrons. The quantitative estimate of drug-likeness (QED) is 0.314. The van der Waals surface area contributed by atoms with Gasteiger partial charge < -0.3 is 14.3 Å². The Balaban J connectivity index is 0.00000218. The van der Waals surface area contributed by atoms with Crippen molar-refractivity contribution >= 4 is 22.9 Å². The van der Waals surface area contributed by atoms with Crippen molar-refractivity contribution in [2.75, 3.05) is 11.5 Å². The Morgan fingerprint density at radius 3 is 2.57 bits per heavy atom. The van der Waals surface area contributed by atoms with Gasteiger partial charge in [0.1, 0.15) is 12.4 Å². The number of para-hydroxylation sites is 1. The molecule has 0 saturated heterocycles. The number of hydrogen-bond acceptors (Lipinski definition) is 4. The van der Waals surface area contributed by atoms with Gasteiger partial charge in [0.15, 0.2) is 0 Å². The molecule has 0 atom stereocenters. The van der Waals surface area contributed by atoms with Crippen molar-refractivity contribution in [1.29, 1.82) is 0 Å². The second-order valence-corrected chi connectivity index (χ2v) is 6.60. The third-order valence-corrected chi connectivity index (χ3v) is 4.69. The average Bonchev–Trinajstić information content (AvgIpc) is 3.50. The van der Waals surface area contributed by atoms with E-state index in [-0.39, 0.29) is 21.1 Å². The van der Waals surface area contributed by atoms with Gasteiger partial charge in [-0.3, -0.25) is 4.98 Å². The molecule has 3 heterocycles. The van der Waals surface area contributed by atoms with Crippen LogP contribution < -0.4 is 4.90 Å². The van der Waals surface area contributed by atoms with Crippen molar-refractivity contribution in [1.82, 2.24) is 9.55 Å². The van der Waals surface area contributed by atoms with E-state index in [1.54, 1.807) is 0 Å². The minimum atomic E-state index is 0. The van der Waals surface area contributed by atoms with E-state index in [0.717, 1.165) is 40.7 Å². The van der Waals surface area contributed by atoms with E-state index in [2.05, 4.69) is 34.5 Å². The molecule has 0 aliphatic carbocycles. The Labute approximate surface area is 189 Å². The molecule has 30 heavy (non-hydrogen) atoms. The number of nitrogens with zero attached hydrogens (tertiary/aromatic N) is 4. The van der Waals surface area contributed by atoms with Gasteiger partial charge in [0.05, 0.1) is 5.82 Å². The molecular weight excluding hydrogens is 555 g/mol. The second-order valence-electron chi connectivity index (χ2n) is 6.60. The van der Waals surface area contributed by atoms with Gasteiger partial charge >= 0.3 is 21.1 Å². The zero-order valence-corrected chi connectivity index (χ0v) is 18.3. The summed E-state index contributed by atoms with van der Waals surface area (Å²) in [7, 11) is 0. The molecule has 0 saturated carbocycles. The molecule has 6 heteroatoms. The Morgan fingerprint density at radius 1 is 0.933 bits per heavy atom. The van der Waals surface area contributed by atoms with Gasteiger partial charge in [-0.25, -0.2) is 0 Å². The Morgan fingerprint density at radius 2 is 1.80 bits per heavy atom. The molecule has 2 aromatic carbocycles. The molecule has 0 N–H and O–H groups in total. The third kappa shape index (κ3) is 4.07. The summed E-state index contributed by atoms with van der Waals surface area (Å²) < 4.78 is 1.87. The van der Waals surface area contributed by atoms with Crippen LogP contribution in [0.15, 0.2) is 90.2 Å². The van der Waals surface area contributed by atoms with Gasteiger partial charge in [-0.05, 0) is 30.3 Å². The molecule has 0 fully saturated rings. The Bertz CT molecular complexity index is 1140. The van der Waals surface area contributed by atoms with Crippen LogP contribution in [0.2, 0.25) is 0 Å². The molecule has 2 aromatic heterocycles. The Hall–Kier alpha value is -3.17. The monoisotopic (exact) mass is 573 g/mol. The summed E-state index contributed by atoms with van der Waals surface area (Å²) in [6.45, 7) is 0.618. The molecular formula is C24H18N4OPt. The van der Waals surface area contributed by atoms with Crippen molar-refractivity contribution in [3.05, 3.63) is 103 Å². The fourth-order valence-electron chi connectivity index (χ4n) is 3.33. The summed E-state index contributed by atoms with van der Waals surface area (Å²) in [6, 6.07) is 29.5. The second kappa shape index (κ2) is 9.10. The first kappa shape index (κ1) is 20.1. The number of pyridine rings is 1. The van der Waals surface area contributed by atoms with Crippen LogP contribution in [-0.4, -0.2) is 21.9 Å². The maximum atomic E-state index is 5.17. The number of rotatable bonds is 5. The Kier molecular flexibility index (Phi) is 6.10. The first-order valence-corrected chi connectivity index (χ1v) is 9.48. The van der Waals surface area contributed by atoms with Crippen LogP contribution in [-0.2, 0) is 25.9 Å². The predicted octanol–water partition coefficient (Wildman–Crippen LogP) is 5.06. The number of oxime groups is 1. The van der Waals surface area contributed by atoms with Crippen molar-refractivity contribution < 1.29 is 25.9 Å². The third-order valence-electron chi connectivity index (χ3n) is 4.69. The molecule has 0 bridgehead atoms. The largest absolute Gasteiger partial charge is 2.00 e. The van der Waals surface area contributed by atoms with Gasteiger partial charge in [-0.15, -0.1) is 47.2 Å². The van der Waals surface area contributed by atoms with Crippen LogP contribution in [0.1, 0.15) is 12.0 Å². The van der Waals surface area contributed by atoms with E-state index in [1.807, 2.05) is 77.5 Å². The van der Waals surface area contributed by atoms with Crippen molar-refractivity contribution in [3.8, 4) is 5.82 Å². The van der Waals surface area contributed by atoms with Gasteiger partial charge in [0, 0.05) is 11.4 Å². The van der Waals surface area contributed by atoms with Crippen LogP contribution in [0.3, 0.4) is 0 Å². The number of anilines is 3. The molecule has 150 valence electrons. The molecule has 5 nitrogen and oxygen atoms in total. The summed E-state index contributed by atoms with van der Waals surface area (Å²) in [6.07, 6.45) is 5.87. The average molecular weight is 574 g/mol. The van der Waals surface area contributed by atoms with Crippen LogP contribution in [0, 0.1) is 12.3 Å². The van der Waals surface area contributed by atoms with E-state index in [9.17, 15) is 0 Å². The van der Waals surface area contributed by atoms with E-state index in [4.69, 9.17) is 9.82 Å². The summed E-state index contributed by atoms with van der Waals surface area (Å²) in [4.78, 5) is 12.1. The molecule has 5 rings (SSSR count). The predicted molar refractivity (Wildman–Crippen MR) is 113 cm³/mol. The smallest absolute Gasteiger partial charge is 0.436 e. The number of aromatic nitrogens is 2. The van der Waals surface area contributed by atoms with Gasteiger partial charge in [0.25, 0.3) is 0 Å². The first-order valence-electron chi connectivity index (χ1n) is 9.48. The maximum absolute atomic E-state index is 5.17. The molecule has 0 amide bonds. The van der Waals surface area contributed by atoms with E-state index < -0.39 is 0 Å². The van der Waals surface area contributed by atoms with Gasteiger partial charge in [0.2, 0.25) is 0 Å². The van der Waals surface area contributed by atoms with Gasteiger partial charge in [-0.2, -0.15) is 6.07 Å². The molecule has 0 spiro atoms. The first-order chi connectivity index (χ1) is 14.4. The summed E-state index contributed by atoms with van der Waals surface area (Å²) in [5.74, 6) is 1.60. The van der Waals surface area contributed by atoms with Crippen molar-refractivity contribution in [2.45, 2.75) is 6.42 Å². The summed E-state index contributed by atoms with van der Waals surface area (Å²) >= 11 is 0. The van der Waals surface area contributed by atoms with Crippen LogP contribution >= 0.6 is 0 Å². The SMILES string of the molecule is [Pt+2].[c-]1c(C2=NOCC2)cccc1N(c1ccccc1)c1cccc(-n2[c-]ccc2)n1. The minimum Gasteiger partial charge on any atom is -0.436 e. The van der Waals surface area contributed by atoms with Gasteiger partial charge in [-0.1, -0.05) is 36.5 Å². The van der Waals surface area contributed by atoms with E-state index in [1.165, 1.54) is 0 Å². The fourth-order valence-corrected chi connectivity index (χ4v) is 3.33. The molecule has 1 aliphatic rings. The van der Waals surface area contributed by atoms with E-state index in [0.29, 0.717) is 6.61 Å². The fraction of sp³-hybridized carbons (Fsp3) is 0.0833. The molecule has 0 unspecified atom stereocenters. The zero-order valence-electron chi connectivity index (χ0n) is 16.0. The summed E-state index contributed by atoms with van der Waals surface area (Å²) in [5.41, 5.74) is 3.76. The summed E-state index contributed by atoms with van der Waals surface area (Å²) in [5, 5.41) is 4.14. The standard InChI is InChI=1S/C24H18N4O.Pt/c1-2-9-20(10-3-1)28(21-11-6-8-19(18-21)22-14-17-29-26-22)24-13-7-12-23(25-24)27-15-4-5-16-27;/h1-13,15H,14,17H2;/q-2;+2. The normalized spacial score (nSPS) is 12.6. The molecule has 1 aliphatic heterocycles. The number of hydrogen-bond donors (Lipinski definition) is 0. The molecule has 4 aromatic rings. The van der Waals surface area contributed by atoms with Crippen LogP contribution in [0.5, 0.6) is 0 Å². The van der Waals surface area contributed by atoms with Crippen LogP contribution in [0.25, 0.3) is 5.82 Å². The van der Waals surface area contributed by atoms with Crippen LogP contribution in [0.4, 0.5) is 17.2 Å².